The van der Waals surface area contributed by atoms with Gasteiger partial charge in [0.2, 0.25) is 0 Å². The Bertz CT molecular complexity index is 699. The van der Waals surface area contributed by atoms with E-state index in [9.17, 15) is 4.79 Å². The summed E-state index contributed by atoms with van der Waals surface area (Å²) in [6.07, 6.45) is 1.57. The van der Waals surface area contributed by atoms with Gasteiger partial charge in [0.05, 0.1) is 7.11 Å². The van der Waals surface area contributed by atoms with Crippen LogP contribution in [0.25, 0.3) is 0 Å². The second kappa shape index (κ2) is 8.60. The number of aryl methyl sites for hydroxylation is 1. The van der Waals surface area contributed by atoms with Crippen LogP contribution in [-0.2, 0) is 17.6 Å². The maximum atomic E-state index is 12.3. The second-order valence-electron chi connectivity index (χ2n) is 5.28. The minimum atomic E-state index is -0.211. The van der Waals surface area contributed by atoms with Crippen molar-refractivity contribution >= 4 is 23.2 Å². The van der Waals surface area contributed by atoms with Gasteiger partial charge in [0.1, 0.15) is 11.5 Å². The molecule has 2 aromatic rings. The van der Waals surface area contributed by atoms with Crippen LogP contribution in [0.3, 0.4) is 0 Å². The molecule has 0 atom stereocenters. The summed E-state index contributed by atoms with van der Waals surface area (Å²) < 4.78 is 10.6. The van der Waals surface area contributed by atoms with E-state index in [1.807, 2.05) is 26.0 Å². The highest BCUT2D eigenvalue weighted by atomic mass is 35.5. The molecular formula is C19H22ClNO3. The summed E-state index contributed by atoms with van der Waals surface area (Å²) >= 11 is 6.25. The molecule has 128 valence electrons. The number of rotatable bonds is 7. The Hall–Kier alpha value is -2.20. The third kappa shape index (κ3) is 4.42. The highest BCUT2D eigenvalue weighted by Crippen LogP contribution is 2.29. The fraction of sp³-hybridized carbons (Fsp3) is 0.316. The third-order valence-corrected chi connectivity index (χ3v) is 4.12. The van der Waals surface area contributed by atoms with Crippen molar-refractivity contribution in [1.29, 1.82) is 0 Å². The van der Waals surface area contributed by atoms with Crippen LogP contribution in [0.2, 0.25) is 5.02 Å². The number of halogens is 1. The van der Waals surface area contributed by atoms with Crippen LogP contribution in [-0.4, -0.2) is 19.6 Å². The number of methoxy groups -OCH3 is 1. The molecule has 24 heavy (non-hydrogen) atoms. The molecule has 0 radical (unpaired) electrons. The molecule has 0 aliphatic rings. The van der Waals surface area contributed by atoms with Crippen LogP contribution in [0.1, 0.15) is 25.0 Å². The zero-order valence-corrected chi connectivity index (χ0v) is 14.9. The highest BCUT2D eigenvalue weighted by molar-refractivity contribution is 6.32. The monoisotopic (exact) mass is 347 g/mol. The SMILES string of the molecule is CCc1ccc(Cl)c(CC)c1NC(=O)COc1ccc(OC)cc1. The van der Waals surface area contributed by atoms with Crippen molar-refractivity contribution in [2.45, 2.75) is 26.7 Å². The van der Waals surface area contributed by atoms with Crippen LogP contribution in [0.5, 0.6) is 11.5 Å². The van der Waals surface area contributed by atoms with Crippen molar-refractivity contribution in [3.63, 3.8) is 0 Å². The smallest absolute Gasteiger partial charge is 0.262 e. The van der Waals surface area contributed by atoms with Gasteiger partial charge in [-0.1, -0.05) is 31.5 Å². The van der Waals surface area contributed by atoms with E-state index in [0.29, 0.717) is 10.8 Å². The molecule has 0 aromatic heterocycles. The Kier molecular flexibility index (Phi) is 6.50. The predicted octanol–water partition coefficient (Wildman–Crippen LogP) is 4.49. The third-order valence-electron chi connectivity index (χ3n) is 3.77. The normalized spacial score (nSPS) is 10.3. The van der Waals surface area contributed by atoms with Gasteiger partial charge in [0.15, 0.2) is 6.61 Å². The number of nitrogens with one attached hydrogen (secondary N) is 1. The first-order chi connectivity index (χ1) is 11.6. The number of amides is 1. The van der Waals surface area contributed by atoms with Gasteiger partial charge in [0, 0.05) is 10.7 Å². The number of carbonyl (C=O) groups excluding carboxylic acids is 1. The summed E-state index contributed by atoms with van der Waals surface area (Å²) in [5, 5.41) is 3.61. The van der Waals surface area contributed by atoms with E-state index in [1.165, 1.54) is 0 Å². The van der Waals surface area contributed by atoms with E-state index in [4.69, 9.17) is 21.1 Å². The van der Waals surface area contributed by atoms with Gasteiger partial charge < -0.3 is 14.8 Å². The summed E-state index contributed by atoms with van der Waals surface area (Å²) in [5.41, 5.74) is 2.82. The Morgan fingerprint density at radius 1 is 1.04 bits per heavy atom. The van der Waals surface area contributed by atoms with Gasteiger partial charge in [-0.15, -0.1) is 0 Å². The summed E-state index contributed by atoms with van der Waals surface area (Å²) in [4.78, 5) is 12.3. The maximum Gasteiger partial charge on any atom is 0.262 e. The molecule has 0 unspecified atom stereocenters. The number of hydrogen-bond donors (Lipinski definition) is 1. The Balaban J connectivity index is 2.05. The van der Waals surface area contributed by atoms with Gasteiger partial charge in [-0.2, -0.15) is 0 Å². The predicted molar refractivity (Wildman–Crippen MR) is 97.3 cm³/mol. The van der Waals surface area contributed by atoms with Crippen LogP contribution in [0.4, 0.5) is 5.69 Å². The molecule has 1 amide bonds. The van der Waals surface area contributed by atoms with Gasteiger partial charge in [-0.05, 0) is 54.3 Å². The zero-order valence-electron chi connectivity index (χ0n) is 14.2. The van der Waals surface area contributed by atoms with Gasteiger partial charge in [-0.25, -0.2) is 0 Å². The maximum absolute atomic E-state index is 12.3. The lowest BCUT2D eigenvalue weighted by molar-refractivity contribution is -0.118. The lowest BCUT2D eigenvalue weighted by Gasteiger charge is -2.16. The largest absolute Gasteiger partial charge is 0.497 e. The highest BCUT2D eigenvalue weighted by Gasteiger charge is 2.13. The molecular weight excluding hydrogens is 326 g/mol. The van der Waals surface area contributed by atoms with Crippen LogP contribution in [0.15, 0.2) is 36.4 Å². The van der Waals surface area contributed by atoms with E-state index in [0.717, 1.165) is 35.4 Å². The van der Waals surface area contributed by atoms with Crippen molar-refractivity contribution in [3.8, 4) is 11.5 Å². The first kappa shape index (κ1) is 18.1. The lowest BCUT2D eigenvalue weighted by Crippen LogP contribution is -2.22. The molecule has 4 nitrogen and oxygen atoms in total. The summed E-state index contributed by atoms with van der Waals surface area (Å²) in [6.45, 7) is 4.00. The summed E-state index contributed by atoms with van der Waals surface area (Å²) in [6, 6.07) is 10.9. The van der Waals surface area contributed by atoms with Gasteiger partial charge >= 0.3 is 0 Å². The molecule has 0 aliphatic heterocycles. The molecule has 5 heteroatoms. The first-order valence-electron chi connectivity index (χ1n) is 7.96. The van der Waals surface area contributed by atoms with Crippen LogP contribution < -0.4 is 14.8 Å². The van der Waals surface area contributed by atoms with E-state index in [1.54, 1.807) is 31.4 Å². The van der Waals surface area contributed by atoms with Crippen molar-refractivity contribution < 1.29 is 14.3 Å². The van der Waals surface area contributed by atoms with E-state index >= 15 is 0 Å². The minimum Gasteiger partial charge on any atom is -0.497 e. The van der Waals surface area contributed by atoms with Crippen molar-refractivity contribution in [1.82, 2.24) is 0 Å². The number of anilines is 1. The zero-order chi connectivity index (χ0) is 17.5. The number of benzene rings is 2. The van der Waals surface area contributed by atoms with E-state index < -0.39 is 0 Å². The summed E-state index contributed by atoms with van der Waals surface area (Å²) in [5.74, 6) is 1.15. The number of hydrogen-bond acceptors (Lipinski definition) is 3. The first-order valence-corrected chi connectivity index (χ1v) is 8.33. The Morgan fingerprint density at radius 3 is 2.29 bits per heavy atom. The van der Waals surface area contributed by atoms with Gasteiger partial charge in [0.25, 0.3) is 5.91 Å². The lowest BCUT2D eigenvalue weighted by atomic mass is 10.0. The van der Waals surface area contributed by atoms with Crippen LogP contribution >= 0.6 is 11.6 Å². The molecule has 0 heterocycles. The minimum absolute atomic E-state index is 0.0643. The summed E-state index contributed by atoms with van der Waals surface area (Å²) in [7, 11) is 1.60. The molecule has 1 N–H and O–H groups in total. The van der Waals surface area contributed by atoms with Crippen LogP contribution in [0, 0.1) is 0 Å². The average Bonchev–Trinajstić information content (AvgIpc) is 2.61. The molecule has 0 saturated heterocycles. The Labute approximate surface area is 147 Å². The Morgan fingerprint density at radius 2 is 1.71 bits per heavy atom. The fourth-order valence-electron chi connectivity index (χ4n) is 2.46. The second-order valence-corrected chi connectivity index (χ2v) is 5.69. The topological polar surface area (TPSA) is 47.6 Å². The fourth-order valence-corrected chi connectivity index (χ4v) is 2.75. The number of ether oxygens (including phenoxy) is 2. The molecule has 0 bridgehead atoms. The van der Waals surface area contributed by atoms with Crippen molar-refractivity contribution in [2.75, 3.05) is 19.0 Å². The molecule has 0 aliphatic carbocycles. The molecule has 0 spiro atoms. The molecule has 2 aromatic carbocycles. The van der Waals surface area contributed by atoms with E-state index in [-0.39, 0.29) is 12.5 Å². The van der Waals surface area contributed by atoms with Gasteiger partial charge in [-0.3, -0.25) is 4.79 Å². The number of carbonyl (C=O) groups is 1. The molecule has 0 fully saturated rings. The standard InChI is InChI=1S/C19H22ClNO3/c1-4-13-6-11-17(20)16(5-2)19(13)21-18(22)12-24-15-9-7-14(23-3)8-10-15/h6-11H,4-5,12H2,1-3H3,(H,21,22). The van der Waals surface area contributed by atoms with Crippen molar-refractivity contribution in [3.05, 3.63) is 52.5 Å². The van der Waals surface area contributed by atoms with E-state index in [2.05, 4.69) is 5.32 Å². The molecule has 2 rings (SSSR count). The van der Waals surface area contributed by atoms with Crippen molar-refractivity contribution in [2.24, 2.45) is 0 Å². The quantitative estimate of drug-likeness (QED) is 0.802. The average molecular weight is 348 g/mol. The molecule has 0 saturated carbocycles.